The molecule has 0 aliphatic carbocycles. The third kappa shape index (κ3) is 5.20. The van der Waals surface area contributed by atoms with E-state index in [0.29, 0.717) is 23.5 Å². The van der Waals surface area contributed by atoms with Crippen LogP contribution in [0.15, 0.2) is 89.9 Å². The van der Waals surface area contributed by atoms with Crippen molar-refractivity contribution in [3.8, 4) is 28.5 Å². The largest absolute Gasteiger partial charge is 0.416 e. The molecular weight excluding hydrogens is 447 g/mol. The van der Waals surface area contributed by atoms with Crippen LogP contribution in [0, 0.1) is 11.3 Å². The molecule has 6 heteroatoms. The Morgan fingerprint density at radius 2 is 1.57 bits per heavy atom. The molecule has 1 aromatic heterocycles. The van der Waals surface area contributed by atoms with Crippen LogP contribution in [0.5, 0.6) is 0 Å². The summed E-state index contributed by atoms with van der Waals surface area (Å²) in [6.07, 6.45) is -1.24. The zero-order valence-corrected chi connectivity index (χ0v) is 19.3. The normalized spacial score (nSPS) is 11.6. The molecule has 0 unspecified atom stereocenters. The van der Waals surface area contributed by atoms with Crippen LogP contribution in [-0.2, 0) is 12.7 Å². The average molecular weight is 472 g/mol. The van der Waals surface area contributed by atoms with Gasteiger partial charge in [-0.2, -0.15) is 18.4 Å². The molecule has 4 aromatic rings. The van der Waals surface area contributed by atoms with Crippen molar-refractivity contribution in [1.82, 2.24) is 4.57 Å². The highest BCUT2D eigenvalue weighted by Gasteiger charge is 2.30. The summed E-state index contributed by atoms with van der Waals surface area (Å²) in [4.78, 5) is 4.60. The number of nitrogens with zero attached hydrogens (tertiary/aromatic N) is 3. The Hall–Kier alpha value is -4.11. The Balaban J connectivity index is 1.96. The van der Waals surface area contributed by atoms with Gasteiger partial charge in [-0.25, -0.2) is 4.99 Å². The average Bonchev–Trinajstić information content (AvgIpc) is 3.20. The summed E-state index contributed by atoms with van der Waals surface area (Å²) >= 11 is 0. The van der Waals surface area contributed by atoms with Crippen LogP contribution in [0.4, 0.5) is 19.0 Å². The first kappa shape index (κ1) is 24.0. The summed E-state index contributed by atoms with van der Waals surface area (Å²) in [6.45, 7) is 2.71. The Kier molecular flexibility index (Phi) is 7.17. The van der Waals surface area contributed by atoms with Crippen molar-refractivity contribution in [2.75, 3.05) is 0 Å². The first-order valence-corrected chi connectivity index (χ1v) is 11.4. The smallest absolute Gasteiger partial charge is 0.324 e. The first-order valence-electron chi connectivity index (χ1n) is 11.4. The van der Waals surface area contributed by atoms with E-state index >= 15 is 0 Å². The van der Waals surface area contributed by atoms with E-state index in [4.69, 9.17) is 0 Å². The molecule has 0 saturated heterocycles. The molecule has 0 radical (unpaired) electrons. The van der Waals surface area contributed by atoms with Gasteiger partial charge in [0.1, 0.15) is 11.6 Å². The van der Waals surface area contributed by atoms with Crippen LogP contribution in [0.2, 0.25) is 0 Å². The predicted molar refractivity (Wildman–Crippen MR) is 134 cm³/mol. The quantitative estimate of drug-likeness (QED) is 0.250. The maximum Gasteiger partial charge on any atom is 0.416 e. The van der Waals surface area contributed by atoms with Gasteiger partial charge in [-0.05, 0) is 35.2 Å². The van der Waals surface area contributed by atoms with Crippen molar-refractivity contribution < 1.29 is 13.2 Å². The lowest BCUT2D eigenvalue weighted by molar-refractivity contribution is -0.137. The van der Waals surface area contributed by atoms with Crippen molar-refractivity contribution in [2.45, 2.75) is 32.5 Å². The highest BCUT2D eigenvalue weighted by molar-refractivity contribution is 5.92. The highest BCUT2D eigenvalue weighted by atomic mass is 19.4. The Morgan fingerprint density at radius 1 is 0.914 bits per heavy atom. The Bertz CT molecular complexity index is 1360. The summed E-state index contributed by atoms with van der Waals surface area (Å²) in [5.41, 5.74) is 3.44. The van der Waals surface area contributed by atoms with Gasteiger partial charge in [0, 0.05) is 18.3 Å². The fourth-order valence-corrected chi connectivity index (χ4v) is 4.09. The molecule has 3 nitrogen and oxygen atoms in total. The van der Waals surface area contributed by atoms with Gasteiger partial charge in [-0.15, -0.1) is 0 Å². The van der Waals surface area contributed by atoms with Crippen LogP contribution >= 0.6 is 0 Å². The second-order valence-electron chi connectivity index (χ2n) is 8.15. The zero-order valence-electron chi connectivity index (χ0n) is 19.3. The number of hydrogen-bond donors (Lipinski definition) is 0. The second-order valence-corrected chi connectivity index (χ2v) is 8.15. The summed E-state index contributed by atoms with van der Waals surface area (Å²) in [5.74, 6) is 0.441. The van der Waals surface area contributed by atoms with Gasteiger partial charge in [0.2, 0.25) is 0 Å². The maximum atomic E-state index is 13.2. The summed E-state index contributed by atoms with van der Waals surface area (Å²) in [5, 5.41) is 10.2. The van der Waals surface area contributed by atoms with E-state index in [1.165, 1.54) is 12.3 Å². The lowest BCUT2D eigenvalue weighted by Gasteiger charge is -2.13. The van der Waals surface area contributed by atoms with E-state index < -0.39 is 11.7 Å². The van der Waals surface area contributed by atoms with Gasteiger partial charge in [-0.1, -0.05) is 86.1 Å². The first-order chi connectivity index (χ1) is 16.9. The molecule has 35 heavy (non-hydrogen) atoms. The topological polar surface area (TPSA) is 41.1 Å². The summed E-state index contributed by atoms with van der Waals surface area (Å²) < 4.78 is 41.6. The van der Waals surface area contributed by atoms with Crippen LogP contribution < -0.4 is 0 Å². The number of nitriles is 1. The lowest BCUT2D eigenvalue weighted by Crippen LogP contribution is -2.05. The Morgan fingerprint density at radius 3 is 2.17 bits per heavy atom. The SMILES string of the molecule is CCCCn1c(N=Cc2cccc(C(F)(F)F)c2)c(C#N)c(-c2ccccc2)c1-c1ccccc1. The molecule has 0 aliphatic rings. The summed E-state index contributed by atoms with van der Waals surface area (Å²) in [7, 11) is 0. The molecule has 0 saturated carbocycles. The van der Waals surface area contributed by atoms with Crippen LogP contribution in [-0.4, -0.2) is 10.8 Å². The van der Waals surface area contributed by atoms with Gasteiger partial charge < -0.3 is 4.57 Å². The van der Waals surface area contributed by atoms with Gasteiger partial charge in [-0.3, -0.25) is 0 Å². The molecule has 176 valence electrons. The third-order valence-corrected chi connectivity index (χ3v) is 5.74. The molecule has 3 aromatic carbocycles. The van der Waals surface area contributed by atoms with Crippen molar-refractivity contribution >= 4 is 12.0 Å². The second kappa shape index (κ2) is 10.4. The molecular formula is C29H24F3N3. The molecule has 0 bridgehead atoms. The van der Waals surface area contributed by atoms with E-state index in [0.717, 1.165) is 47.4 Å². The number of unbranched alkanes of at least 4 members (excludes halogenated alkanes) is 1. The van der Waals surface area contributed by atoms with Crippen molar-refractivity contribution in [3.63, 3.8) is 0 Å². The van der Waals surface area contributed by atoms with Crippen molar-refractivity contribution in [1.29, 1.82) is 5.26 Å². The lowest BCUT2D eigenvalue weighted by atomic mass is 9.98. The number of benzene rings is 3. The number of hydrogen-bond acceptors (Lipinski definition) is 2. The maximum absolute atomic E-state index is 13.2. The molecule has 4 rings (SSSR count). The monoisotopic (exact) mass is 471 g/mol. The van der Waals surface area contributed by atoms with E-state index in [1.807, 2.05) is 65.2 Å². The predicted octanol–water partition coefficient (Wildman–Crippen LogP) is 8.26. The minimum atomic E-state index is -4.44. The molecule has 0 atom stereocenters. The van der Waals surface area contributed by atoms with Crippen molar-refractivity contribution in [3.05, 3.63) is 102 Å². The standard InChI is InChI=1S/C29H24F3N3/c1-2-3-17-35-27(23-14-8-5-9-15-23)26(22-12-6-4-7-13-22)25(19-33)28(35)34-20-21-11-10-16-24(18-21)29(30,31)32/h4-16,18,20H,2-3,17H2,1H3. The fourth-order valence-electron chi connectivity index (χ4n) is 4.09. The zero-order chi connectivity index (χ0) is 24.8. The summed E-state index contributed by atoms with van der Waals surface area (Å²) in [6, 6.07) is 26.8. The number of aromatic nitrogens is 1. The van der Waals surface area contributed by atoms with E-state index in [2.05, 4.69) is 18.0 Å². The fraction of sp³-hybridized carbons (Fsp3) is 0.172. The number of alkyl halides is 3. The Labute approximate surface area is 202 Å². The number of halogens is 3. The molecule has 0 spiro atoms. The van der Waals surface area contributed by atoms with Gasteiger partial charge in [0.05, 0.1) is 11.3 Å². The van der Waals surface area contributed by atoms with Crippen LogP contribution in [0.25, 0.3) is 22.4 Å². The molecule has 0 fully saturated rings. The minimum Gasteiger partial charge on any atom is -0.324 e. The van der Waals surface area contributed by atoms with Crippen molar-refractivity contribution in [2.24, 2.45) is 4.99 Å². The number of aliphatic imine (C=N–C) groups is 1. The van der Waals surface area contributed by atoms with Gasteiger partial charge >= 0.3 is 6.18 Å². The number of rotatable bonds is 7. The third-order valence-electron chi connectivity index (χ3n) is 5.74. The van der Waals surface area contributed by atoms with Crippen LogP contribution in [0.3, 0.4) is 0 Å². The molecule has 0 amide bonds. The highest BCUT2D eigenvalue weighted by Crippen LogP contribution is 2.43. The van der Waals surface area contributed by atoms with E-state index in [1.54, 1.807) is 6.07 Å². The molecule has 0 aliphatic heterocycles. The molecule has 1 heterocycles. The van der Waals surface area contributed by atoms with Gasteiger partial charge in [0.25, 0.3) is 0 Å². The van der Waals surface area contributed by atoms with E-state index in [-0.39, 0.29) is 0 Å². The minimum absolute atomic E-state index is 0.314. The van der Waals surface area contributed by atoms with E-state index in [9.17, 15) is 18.4 Å². The molecule has 0 N–H and O–H groups in total. The van der Waals surface area contributed by atoms with Crippen LogP contribution in [0.1, 0.15) is 36.5 Å². The van der Waals surface area contributed by atoms with Gasteiger partial charge in [0.15, 0.2) is 5.82 Å².